The maximum Gasteiger partial charge on any atom is 0.166 e. The van der Waals surface area contributed by atoms with E-state index in [1.54, 1.807) is 6.08 Å². The van der Waals surface area contributed by atoms with Gasteiger partial charge in [-0.3, -0.25) is 0 Å². The molecule has 7 heteroatoms. The molecule has 0 aliphatic heterocycles. The average molecular weight is 796 g/mol. The lowest BCUT2D eigenvalue weighted by Gasteiger charge is -2.27. The van der Waals surface area contributed by atoms with Crippen LogP contribution in [0.1, 0.15) is 61.2 Å². The molecular formula is C55H37N7. The molecule has 62 heavy (non-hydrogen) atoms. The molecule has 2 aliphatic rings. The van der Waals surface area contributed by atoms with Crippen molar-refractivity contribution in [2.75, 3.05) is 0 Å². The van der Waals surface area contributed by atoms with E-state index in [0.29, 0.717) is 51.7 Å². The Morgan fingerprint density at radius 1 is 0.532 bits per heavy atom. The number of aromatic nitrogens is 5. The van der Waals surface area contributed by atoms with E-state index < -0.39 is 0 Å². The van der Waals surface area contributed by atoms with Crippen LogP contribution in [0.3, 0.4) is 0 Å². The van der Waals surface area contributed by atoms with Crippen LogP contribution in [0.15, 0.2) is 169 Å². The molecule has 3 heterocycles. The van der Waals surface area contributed by atoms with Gasteiger partial charge in [0.2, 0.25) is 0 Å². The summed E-state index contributed by atoms with van der Waals surface area (Å²) in [7, 11) is 0. The predicted octanol–water partition coefficient (Wildman–Crippen LogP) is 12.9. The number of nitrogens with zero attached hydrogens (tertiary/aromatic N) is 7. The fourth-order valence-electron chi connectivity index (χ4n) is 9.49. The average Bonchev–Trinajstić information content (AvgIpc) is 3.87. The van der Waals surface area contributed by atoms with Crippen LogP contribution in [0.5, 0.6) is 0 Å². The molecular weight excluding hydrogens is 759 g/mol. The first-order valence-electron chi connectivity index (χ1n) is 21.0. The van der Waals surface area contributed by atoms with Gasteiger partial charge in [0, 0.05) is 38.7 Å². The molecule has 0 fully saturated rings. The Balaban J connectivity index is 1.09. The van der Waals surface area contributed by atoms with Gasteiger partial charge in [0.15, 0.2) is 17.5 Å². The topological polar surface area (TPSA) is 96.1 Å². The second kappa shape index (κ2) is 14.8. The van der Waals surface area contributed by atoms with Crippen molar-refractivity contribution in [1.29, 1.82) is 10.5 Å². The Kier molecular flexibility index (Phi) is 8.74. The van der Waals surface area contributed by atoms with Crippen molar-refractivity contribution in [2.45, 2.75) is 38.5 Å². The smallest absolute Gasteiger partial charge is 0.166 e. The molecule has 11 rings (SSSR count). The fourth-order valence-corrected chi connectivity index (χ4v) is 9.49. The lowest BCUT2D eigenvalue weighted by molar-refractivity contribution is 0.515. The Morgan fingerprint density at radius 3 is 1.84 bits per heavy atom. The molecule has 2 aliphatic carbocycles. The van der Waals surface area contributed by atoms with Crippen LogP contribution in [-0.4, -0.2) is 24.1 Å². The van der Waals surface area contributed by atoms with Crippen molar-refractivity contribution >= 4 is 44.0 Å². The zero-order valence-corrected chi connectivity index (χ0v) is 34.1. The van der Waals surface area contributed by atoms with Gasteiger partial charge >= 0.3 is 0 Å². The van der Waals surface area contributed by atoms with Gasteiger partial charge < -0.3 is 9.13 Å². The van der Waals surface area contributed by atoms with E-state index in [0.717, 1.165) is 62.6 Å². The molecule has 9 aromatic rings. The van der Waals surface area contributed by atoms with Crippen molar-refractivity contribution in [1.82, 2.24) is 24.1 Å². The standard InChI is InChI=1S/C55H37N7/c1-34-21-22-35(2)52-51(34)44-18-10-12-20-48(44)61(52)42-28-37(33-57)27-41(30-42)40-24-26-49-45(31-40)43-17-9-11-19-47(43)62(49)50-25-23-36(32-56)29-46(50)55-59-53(38-13-5-3-6-14-38)58-54(60-55)39-15-7-4-8-16-39/h3-20,24,26-31,34-35H,21-22H2,1-2H3. The van der Waals surface area contributed by atoms with Crippen molar-refractivity contribution in [2.24, 2.45) is 0 Å². The zero-order valence-electron chi connectivity index (χ0n) is 34.1. The first-order chi connectivity index (χ1) is 30.5. The maximum atomic E-state index is 10.4. The van der Waals surface area contributed by atoms with Crippen LogP contribution in [0.4, 0.5) is 0 Å². The zero-order chi connectivity index (χ0) is 41.9. The van der Waals surface area contributed by atoms with Gasteiger partial charge in [-0.25, -0.2) is 15.0 Å². The number of benzene rings is 6. The molecule has 0 radical (unpaired) electrons. The normalized spacial score (nSPS) is 15.8. The van der Waals surface area contributed by atoms with Crippen LogP contribution >= 0.6 is 0 Å². The molecule has 0 amide bonds. The van der Waals surface area contributed by atoms with E-state index in [2.05, 4.69) is 113 Å². The highest BCUT2D eigenvalue weighted by Gasteiger charge is 2.30. The Labute approximate surface area is 358 Å². The summed E-state index contributed by atoms with van der Waals surface area (Å²) in [5.41, 5.74) is 19.2. The summed E-state index contributed by atoms with van der Waals surface area (Å²) in [5.74, 6) is 2.31. The van der Waals surface area contributed by atoms with Crippen molar-refractivity contribution in [3.8, 4) is 51.7 Å². The predicted molar refractivity (Wildman–Crippen MR) is 247 cm³/mol. The minimum Gasteiger partial charge on any atom is -0.313 e. The van der Waals surface area contributed by atoms with E-state index in [1.807, 2.05) is 78.9 Å². The first-order valence-corrected chi connectivity index (χ1v) is 21.0. The highest BCUT2D eigenvalue weighted by atomic mass is 15.1. The summed E-state index contributed by atoms with van der Waals surface area (Å²) >= 11 is 0. The molecule has 0 N–H and O–H groups in total. The maximum absolute atomic E-state index is 10.4. The summed E-state index contributed by atoms with van der Waals surface area (Å²) in [6, 6.07) is 54.2. The minimum atomic E-state index is 0.323. The third-order valence-corrected chi connectivity index (χ3v) is 12.4. The van der Waals surface area contributed by atoms with Crippen LogP contribution < -0.4 is 0 Å². The van der Waals surface area contributed by atoms with E-state index in [1.165, 1.54) is 22.2 Å². The monoisotopic (exact) mass is 795 g/mol. The number of fused-ring (bicyclic) bond motifs is 6. The van der Waals surface area contributed by atoms with Gasteiger partial charge in [-0.2, -0.15) is 10.5 Å². The first kappa shape index (κ1) is 36.7. The lowest BCUT2D eigenvalue weighted by atomic mass is 9.81. The number of allylic oxidation sites excluding steroid dienone is 4. The van der Waals surface area contributed by atoms with Gasteiger partial charge in [0.05, 0.1) is 33.8 Å². The van der Waals surface area contributed by atoms with Gasteiger partial charge in [-0.1, -0.05) is 117 Å². The molecule has 6 aromatic carbocycles. The molecule has 0 spiro atoms. The molecule has 0 saturated heterocycles. The summed E-state index contributed by atoms with van der Waals surface area (Å²) < 4.78 is 4.57. The molecule has 0 saturated carbocycles. The second-order valence-corrected chi connectivity index (χ2v) is 16.2. The third kappa shape index (κ3) is 6.01. The van der Waals surface area contributed by atoms with Gasteiger partial charge in [-0.15, -0.1) is 0 Å². The molecule has 2 unspecified atom stereocenters. The quantitative estimate of drug-likeness (QED) is 0.156. The van der Waals surface area contributed by atoms with Crippen LogP contribution in [0.25, 0.3) is 83.6 Å². The molecule has 292 valence electrons. The Bertz CT molecular complexity index is 3480. The summed E-state index contributed by atoms with van der Waals surface area (Å²) in [4.78, 5) is 15.0. The number of hydrogen-bond acceptors (Lipinski definition) is 5. The number of nitriles is 2. The minimum absolute atomic E-state index is 0.323. The van der Waals surface area contributed by atoms with E-state index in [4.69, 9.17) is 15.0 Å². The largest absolute Gasteiger partial charge is 0.313 e. The highest BCUT2D eigenvalue weighted by Crippen LogP contribution is 2.46. The van der Waals surface area contributed by atoms with Gasteiger partial charge in [-0.05, 0) is 101 Å². The second-order valence-electron chi connectivity index (χ2n) is 16.2. The van der Waals surface area contributed by atoms with Gasteiger partial charge in [0.1, 0.15) is 17.3 Å². The molecule has 0 bridgehead atoms. The van der Waals surface area contributed by atoms with Crippen molar-refractivity contribution < 1.29 is 0 Å². The highest BCUT2D eigenvalue weighted by molar-refractivity contribution is 6.15. The SMILES string of the molecule is CC1CCC(C)c2c1c1ccccc1n2-c1cc(C#N)cc(-c2ccc3c(c2)c2ccccc2n3C2=C=C=C(C#N)C=C2c2nc(-c3ccccc3)nc(-c3ccccc3)n2)c1. The third-order valence-electron chi connectivity index (χ3n) is 12.4. The number of rotatable bonds is 6. The van der Waals surface area contributed by atoms with Crippen LogP contribution in [0.2, 0.25) is 0 Å². The van der Waals surface area contributed by atoms with E-state index in [-0.39, 0.29) is 0 Å². The lowest BCUT2D eigenvalue weighted by Crippen LogP contribution is -2.13. The Hall–Kier alpha value is -8.31. The molecule has 2 atom stereocenters. The molecule has 7 nitrogen and oxygen atoms in total. The summed E-state index contributed by atoms with van der Waals surface area (Å²) in [5, 5.41) is 24.0. The Morgan fingerprint density at radius 2 is 1.15 bits per heavy atom. The summed E-state index contributed by atoms with van der Waals surface area (Å²) in [6.07, 6.45) is 4.08. The van der Waals surface area contributed by atoms with Gasteiger partial charge in [0.25, 0.3) is 0 Å². The van der Waals surface area contributed by atoms with E-state index in [9.17, 15) is 10.5 Å². The number of para-hydroxylation sites is 2. The fraction of sp³-hybridized carbons (Fsp3) is 0.109. The summed E-state index contributed by atoms with van der Waals surface area (Å²) in [6.45, 7) is 4.67. The molecule has 3 aromatic heterocycles. The van der Waals surface area contributed by atoms with Crippen LogP contribution in [-0.2, 0) is 0 Å². The number of hydrogen-bond donors (Lipinski definition) is 0. The van der Waals surface area contributed by atoms with Crippen molar-refractivity contribution in [3.05, 3.63) is 191 Å². The van der Waals surface area contributed by atoms with E-state index >= 15 is 0 Å². The van der Waals surface area contributed by atoms with Crippen molar-refractivity contribution in [3.63, 3.8) is 0 Å². The van der Waals surface area contributed by atoms with Crippen LogP contribution in [0, 0.1) is 22.7 Å².